The van der Waals surface area contributed by atoms with Crippen molar-refractivity contribution in [2.45, 2.75) is 26.3 Å². The van der Waals surface area contributed by atoms with Crippen LogP contribution in [0.15, 0.2) is 41.2 Å². The van der Waals surface area contributed by atoms with Crippen molar-refractivity contribution in [3.8, 4) is 0 Å². The first-order valence-corrected chi connectivity index (χ1v) is 9.99. The molecule has 0 fully saturated rings. The predicted octanol–water partition coefficient (Wildman–Crippen LogP) is 4.66. The Morgan fingerprint density at radius 3 is 2.84 bits per heavy atom. The number of hydrogen-bond donors (Lipinski definition) is 1. The first kappa shape index (κ1) is 16.9. The van der Waals surface area contributed by atoms with Gasteiger partial charge in [0, 0.05) is 48.2 Å². The third-order valence-electron chi connectivity index (χ3n) is 5.94. The quantitative estimate of drug-likeness (QED) is 0.807. The normalized spacial score (nSPS) is 22.6. The Bertz CT molecular complexity index is 859. The van der Waals surface area contributed by atoms with Gasteiger partial charge in [0.2, 0.25) is 0 Å². The number of fused-ring (bicyclic) bond motifs is 2. The molecule has 2 aliphatic rings. The van der Waals surface area contributed by atoms with Crippen molar-refractivity contribution in [3.05, 3.63) is 52.3 Å². The molecule has 1 aromatic heterocycles. The molecule has 1 aliphatic heterocycles. The van der Waals surface area contributed by atoms with Crippen LogP contribution in [-0.2, 0) is 6.42 Å². The van der Waals surface area contributed by atoms with E-state index in [9.17, 15) is 0 Å². The number of nitrogens with one attached hydrogen (secondary N) is 1. The summed E-state index contributed by atoms with van der Waals surface area (Å²) in [4.78, 5) is 8.40. The Hall–Kier alpha value is -1.52. The summed E-state index contributed by atoms with van der Waals surface area (Å²) in [7, 11) is 2.26. The van der Waals surface area contributed by atoms with Crippen LogP contribution >= 0.6 is 15.9 Å². The third-order valence-corrected chi connectivity index (χ3v) is 6.62. The first-order valence-electron chi connectivity index (χ1n) is 9.20. The minimum absolute atomic E-state index is 0.385. The van der Waals surface area contributed by atoms with Gasteiger partial charge in [-0.1, -0.05) is 24.8 Å². The van der Waals surface area contributed by atoms with Gasteiger partial charge in [0.15, 0.2) is 0 Å². The molecule has 1 N–H and O–H groups in total. The number of hydrogen-bond acceptors (Lipinski definition) is 2. The monoisotopic (exact) mass is 399 g/mol. The number of likely N-dealkylation sites (N-methyl/N-ethyl adjacent to an activating group) is 1. The average Bonchev–Trinajstić information content (AvgIpc) is 2.93. The van der Waals surface area contributed by atoms with Crippen LogP contribution in [0.4, 0.5) is 0 Å². The Labute approximate surface area is 158 Å². The van der Waals surface area contributed by atoms with Crippen LogP contribution in [0.3, 0.4) is 0 Å². The number of rotatable bonds is 4. The van der Waals surface area contributed by atoms with Crippen molar-refractivity contribution < 1.29 is 0 Å². The van der Waals surface area contributed by atoms with Crippen molar-refractivity contribution in [1.29, 1.82) is 0 Å². The average molecular weight is 400 g/mol. The lowest BCUT2D eigenvalue weighted by molar-refractivity contribution is 0.234. The summed E-state index contributed by atoms with van der Waals surface area (Å²) in [5, 5.41) is 1.39. The lowest BCUT2D eigenvalue weighted by Gasteiger charge is -2.42. The maximum Gasteiger partial charge on any atom is 0.0864 e. The van der Waals surface area contributed by atoms with Gasteiger partial charge in [-0.05, 0) is 66.0 Å². The lowest BCUT2D eigenvalue weighted by atomic mass is 9.79. The molecule has 1 aliphatic carbocycles. The van der Waals surface area contributed by atoms with E-state index >= 15 is 0 Å². The second kappa shape index (κ2) is 6.33. The van der Waals surface area contributed by atoms with E-state index in [1.165, 1.54) is 33.3 Å². The first-order chi connectivity index (χ1) is 12.0. The number of nitrogens with zero attached hydrogens (tertiary/aromatic N) is 2. The summed E-state index contributed by atoms with van der Waals surface area (Å²) in [6, 6.07) is 7.06. The van der Waals surface area contributed by atoms with Crippen molar-refractivity contribution in [2.75, 3.05) is 26.7 Å². The molecule has 0 radical (unpaired) electrons. The van der Waals surface area contributed by atoms with Crippen LogP contribution in [0, 0.1) is 5.92 Å². The maximum atomic E-state index is 4.43. The molecule has 2 atom stereocenters. The molecule has 3 nitrogen and oxygen atoms in total. The standard InChI is InChI=1S/C21H26BrN3/c1-5-25(6-2)13(3)14-10-16-15-8-7-9-18-20(15)17(21(22)23-18)11-19(16)24(4)12-14/h7-10,14,19,23H,3,5-6,11-12H2,1-2,4H3/t14-,19-/m0/s1. The zero-order valence-corrected chi connectivity index (χ0v) is 16.9. The highest BCUT2D eigenvalue weighted by molar-refractivity contribution is 9.10. The van der Waals surface area contributed by atoms with Gasteiger partial charge < -0.3 is 9.88 Å². The highest BCUT2D eigenvalue weighted by Gasteiger charge is 2.35. The molecule has 4 rings (SSSR count). The van der Waals surface area contributed by atoms with Gasteiger partial charge in [-0.25, -0.2) is 0 Å². The minimum atomic E-state index is 0.385. The largest absolute Gasteiger partial charge is 0.375 e. The summed E-state index contributed by atoms with van der Waals surface area (Å²) < 4.78 is 1.14. The molecule has 0 unspecified atom stereocenters. The fraction of sp³-hybridized carbons (Fsp3) is 0.429. The topological polar surface area (TPSA) is 22.3 Å². The van der Waals surface area contributed by atoms with Crippen LogP contribution in [0.25, 0.3) is 16.5 Å². The molecule has 2 heterocycles. The Balaban J connectivity index is 1.83. The van der Waals surface area contributed by atoms with Crippen LogP contribution in [-0.4, -0.2) is 47.5 Å². The lowest BCUT2D eigenvalue weighted by Crippen LogP contribution is -2.44. The van der Waals surface area contributed by atoms with E-state index in [1.807, 2.05) is 0 Å². The fourth-order valence-corrected chi connectivity index (χ4v) is 5.14. The number of aromatic nitrogens is 1. The van der Waals surface area contributed by atoms with E-state index in [2.05, 4.69) is 82.5 Å². The SMILES string of the molecule is C=C([C@H]1C=C2c3cccc4[nH]c(Br)c(c34)C[C@@H]2N(C)C1)N(CC)CC. The van der Waals surface area contributed by atoms with Gasteiger partial charge in [-0.15, -0.1) is 0 Å². The Kier molecular flexibility index (Phi) is 4.28. The summed E-state index contributed by atoms with van der Waals surface area (Å²) >= 11 is 3.73. The highest BCUT2D eigenvalue weighted by Crippen LogP contribution is 2.44. The smallest absolute Gasteiger partial charge is 0.0864 e. The highest BCUT2D eigenvalue weighted by atomic mass is 79.9. The number of H-pyrrole nitrogens is 1. The van der Waals surface area contributed by atoms with E-state index < -0.39 is 0 Å². The molecule has 0 spiro atoms. The molecule has 0 saturated carbocycles. The predicted molar refractivity (Wildman–Crippen MR) is 110 cm³/mol. The summed E-state index contributed by atoms with van der Waals surface area (Å²) in [5.41, 5.74) is 6.74. The van der Waals surface area contributed by atoms with Crippen molar-refractivity contribution in [2.24, 2.45) is 5.92 Å². The van der Waals surface area contributed by atoms with E-state index in [0.717, 1.165) is 30.7 Å². The molecule has 0 bridgehead atoms. The molecular formula is C21H26BrN3. The third kappa shape index (κ3) is 2.58. The minimum Gasteiger partial charge on any atom is -0.375 e. The molecule has 1 aromatic carbocycles. The molecule has 25 heavy (non-hydrogen) atoms. The fourth-order valence-electron chi connectivity index (χ4n) is 4.57. The van der Waals surface area contributed by atoms with Gasteiger partial charge >= 0.3 is 0 Å². The number of aromatic amines is 1. The van der Waals surface area contributed by atoms with Gasteiger partial charge in [0.25, 0.3) is 0 Å². The van der Waals surface area contributed by atoms with Crippen LogP contribution in [0.1, 0.15) is 25.0 Å². The Morgan fingerprint density at radius 2 is 2.12 bits per heavy atom. The van der Waals surface area contributed by atoms with E-state index in [4.69, 9.17) is 0 Å². The maximum absolute atomic E-state index is 4.43. The molecule has 132 valence electrons. The number of halogens is 1. The zero-order valence-electron chi connectivity index (χ0n) is 15.3. The molecule has 0 saturated heterocycles. The van der Waals surface area contributed by atoms with Gasteiger partial charge in [0.05, 0.1) is 4.60 Å². The van der Waals surface area contributed by atoms with Gasteiger partial charge in [-0.3, -0.25) is 4.90 Å². The van der Waals surface area contributed by atoms with E-state index in [0.29, 0.717) is 12.0 Å². The van der Waals surface area contributed by atoms with Crippen molar-refractivity contribution in [1.82, 2.24) is 14.8 Å². The zero-order chi connectivity index (χ0) is 17.7. The van der Waals surface area contributed by atoms with Gasteiger partial charge in [-0.2, -0.15) is 0 Å². The van der Waals surface area contributed by atoms with Crippen LogP contribution in [0.5, 0.6) is 0 Å². The Morgan fingerprint density at radius 1 is 1.36 bits per heavy atom. The second-order valence-electron chi connectivity index (χ2n) is 7.20. The second-order valence-corrected chi connectivity index (χ2v) is 7.99. The molecule has 2 aromatic rings. The van der Waals surface area contributed by atoms with E-state index in [1.54, 1.807) is 0 Å². The van der Waals surface area contributed by atoms with Crippen LogP contribution < -0.4 is 0 Å². The number of benzene rings is 1. The molecular weight excluding hydrogens is 374 g/mol. The molecule has 0 amide bonds. The summed E-state index contributed by atoms with van der Waals surface area (Å²) in [6.45, 7) is 11.9. The van der Waals surface area contributed by atoms with Crippen LogP contribution in [0.2, 0.25) is 0 Å². The van der Waals surface area contributed by atoms with Gasteiger partial charge in [0.1, 0.15) is 0 Å². The molecule has 4 heteroatoms. The van der Waals surface area contributed by atoms with Crippen molar-refractivity contribution >= 4 is 32.4 Å². The van der Waals surface area contributed by atoms with E-state index in [-0.39, 0.29) is 0 Å². The summed E-state index contributed by atoms with van der Waals surface area (Å²) in [5.74, 6) is 0.385. The van der Waals surface area contributed by atoms with Crippen molar-refractivity contribution in [3.63, 3.8) is 0 Å². The summed E-state index contributed by atoms with van der Waals surface area (Å²) in [6.07, 6.45) is 3.55.